The van der Waals surface area contributed by atoms with Gasteiger partial charge in [-0.15, -0.1) is 0 Å². The predicted molar refractivity (Wildman–Crippen MR) is 62.3 cm³/mol. The molecule has 0 aromatic heterocycles. The molecule has 92 valence electrons. The average molecular weight is 246 g/mol. The fraction of sp³-hybridized carbons (Fsp3) is 0.900. The average Bonchev–Trinajstić information content (AvgIpc) is 2.61. The first-order chi connectivity index (χ1) is 7.66. The number of carbonyl (C=O) groups excluding carboxylic acids is 1. The summed E-state index contributed by atoms with van der Waals surface area (Å²) in [7, 11) is 0. The van der Waals surface area contributed by atoms with Crippen molar-refractivity contribution in [1.29, 1.82) is 0 Å². The Hall–Kier alpha value is -0.300. The molecule has 3 unspecified atom stereocenters. The molecule has 0 bridgehead atoms. The molecule has 2 rings (SSSR count). The van der Waals surface area contributed by atoms with Gasteiger partial charge >= 0.3 is 0 Å². The minimum absolute atomic E-state index is 0.0237. The van der Waals surface area contributed by atoms with E-state index in [2.05, 4.69) is 5.32 Å². The van der Waals surface area contributed by atoms with Crippen molar-refractivity contribution in [3.63, 3.8) is 0 Å². The summed E-state index contributed by atoms with van der Waals surface area (Å²) in [4.78, 5) is 13.4. The number of carbonyl (C=O) groups is 1. The number of hydrogen-bond donors (Lipinski definition) is 3. The Morgan fingerprint density at radius 1 is 1.38 bits per heavy atom. The highest BCUT2D eigenvalue weighted by atomic mass is 32.2. The van der Waals surface area contributed by atoms with Crippen LogP contribution in [0, 0.1) is 0 Å². The summed E-state index contributed by atoms with van der Waals surface area (Å²) in [5.41, 5.74) is 0. The molecule has 0 radical (unpaired) electrons. The Labute approximate surface area is 99.2 Å². The third-order valence-corrected chi connectivity index (χ3v) is 4.16. The molecule has 2 aliphatic rings. The third kappa shape index (κ3) is 2.88. The van der Waals surface area contributed by atoms with Crippen LogP contribution in [-0.2, 0) is 4.79 Å². The third-order valence-electron chi connectivity index (χ3n) is 3.03. The van der Waals surface area contributed by atoms with E-state index >= 15 is 0 Å². The Bertz CT molecular complexity index is 248. The van der Waals surface area contributed by atoms with Crippen LogP contribution in [0.4, 0.5) is 0 Å². The van der Waals surface area contributed by atoms with Crippen molar-refractivity contribution in [2.45, 2.75) is 24.7 Å². The van der Waals surface area contributed by atoms with Crippen molar-refractivity contribution in [3.8, 4) is 0 Å². The predicted octanol–water partition coefficient (Wildman–Crippen LogP) is -1.35. The van der Waals surface area contributed by atoms with Crippen molar-refractivity contribution in [1.82, 2.24) is 10.2 Å². The molecule has 2 saturated heterocycles. The summed E-state index contributed by atoms with van der Waals surface area (Å²) in [6.07, 6.45) is -1.10. The van der Waals surface area contributed by atoms with E-state index in [4.69, 9.17) is 0 Å². The molecule has 2 aliphatic heterocycles. The zero-order valence-electron chi connectivity index (χ0n) is 9.13. The smallest absolute Gasteiger partial charge is 0.224 e. The number of likely N-dealkylation sites (tertiary alicyclic amines) is 1. The van der Waals surface area contributed by atoms with E-state index in [0.717, 1.165) is 18.1 Å². The van der Waals surface area contributed by atoms with E-state index in [9.17, 15) is 15.0 Å². The number of hydrogen-bond acceptors (Lipinski definition) is 5. The van der Waals surface area contributed by atoms with Crippen LogP contribution in [0.1, 0.15) is 6.42 Å². The van der Waals surface area contributed by atoms with Crippen LogP contribution >= 0.6 is 11.8 Å². The maximum Gasteiger partial charge on any atom is 0.224 e. The van der Waals surface area contributed by atoms with Gasteiger partial charge in [0, 0.05) is 43.6 Å². The largest absolute Gasteiger partial charge is 0.388 e. The molecule has 0 aliphatic carbocycles. The van der Waals surface area contributed by atoms with E-state index in [0.29, 0.717) is 6.42 Å². The minimum Gasteiger partial charge on any atom is -0.388 e. The number of nitrogens with one attached hydrogen (secondary N) is 1. The number of aliphatic hydroxyl groups is 2. The molecular weight excluding hydrogens is 228 g/mol. The second-order valence-corrected chi connectivity index (χ2v) is 5.51. The number of amides is 1. The molecule has 0 aromatic rings. The van der Waals surface area contributed by atoms with Crippen LogP contribution in [0.5, 0.6) is 0 Å². The Kier molecular flexibility index (Phi) is 4.07. The first kappa shape index (κ1) is 12.2. The molecule has 2 heterocycles. The Morgan fingerprint density at radius 2 is 2.06 bits per heavy atom. The zero-order chi connectivity index (χ0) is 11.5. The topological polar surface area (TPSA) is 72.8 Å². The number of nitrogens with zero attached hydrogens (tertiary/aromatic N) is 1. The minimum atomic E-state index is -0.780. The zero-order valence-corrected chi connectivity index (χ0v) is 9.95. The molecule has 0 spiro atoms. The quantitative estimate of drug-likeness (QED) is 0.561. The van der Waals surface area contributed by atoms with Crippen molar-refractivity contribution >= 4 is 17.7 Å². The second-order valence-electron chi connectivity index (χ2n) is 4.36. The van der Waals surface area contributed by atoms with Gasteiger partial charge in [0.1, 0.15) is 0 Å². The van der Waals surface area contributed by atoms with E-state index in [1.165, 1.54) is 0 Å². The summed E-state index contributed by atoms with van der Waals surface area (Å²) < 4.78 is 0. The van der Waals surface area contributed by atoms with Crippen LogP contribution < -0.4 is 5.32 Å². The Balaban J connectivity index is 1.79. The van der Waals surface area contributed by atoms with Gasteiger partial charge in [-0.1, -0.05) is 0 Å². The lowest BCUT2D eigenvalue weighted by Crippen LogP contribution is -2.42. The normalized spacial score (nSPS) is 35.4. The van der Waals surface area contributed by atoms with Gasteiger partial charge in [-0.05, 0) is 0 Å². The van der Waals surface area contributed by atoms with Crippen LogP contribution in [0.3, 0.4) is 0 Å². The van der Waals surface area contributed by atoms with Gasteiger partial charge in [0.2, 0.25) is 5.91 Å². The van der Waals surface area contributed by atoms with E-state index < -0.39 is 12.2 Å². The highest BCUT2D eigenvalue weighted by Crippen LogP contribution is 2.15. The number of rotatable bonds is 2. The van der Waals surface area contributed by atoms with Crippen LogP contribution in [0.2, 0.25) is 0 Å². The lowest BCUT2D eigenvalue weighted by molar-refractivity contribution is -0.131. The number of aliphatic hydroxyl groups excluding tert-OH is 2. The highest BCUT2D eigenvalue weighted by Gasteiger charge is 2.33. The van der Waals surface area contributed by atoms with Gasteiger partial charge in [-0.25, -0.2) is 0 Å². The number of β-amino-alcohol motifs (C(OH)–C–C–N with tert-alkyl or cyclic N) is 2. The molecule has 6 heteroatoms. The lowest BCUT2D eigenvalue weighted by Gasteiger charge is -2.25. The standard InChI is InChI=1S/C10H18N2O3S/c13-8-4-12(5-9(8)14)10(15)3-7-6-16-2-1-11-7/h7-9,11,13-14H,1-6H2. The van der Waals surface area contributed by atoms with Gasteiger partial charge in [-0.3, -0.25) is 4.79 Å². The molecule has 1 amide bonds. The number of thioether (sulfide) groups is 1. The van der Waals surface area contributed by atoms with E-state index in [1.54, 1.807) is 4.90 Å². The van der Waals surface area contributed by atoms with Gasteiger partial charge in [0.05, 0.1) is 12.2 Å². The maximum atomic E-state index is 11.9. The molecule has 0 saturated carbocycles. The van der Waals surface area contributed by atoms with Crippen molar-refractivity contribution < 1.29 is 15.0 Å². The fourth-order valence-corrected chi connectivity index (χ4v) is 3.01. The molecule has 0 aromatic carbocycles. The van der Waals surface area contributed by atoms with Crippen molar-refractivity contribution in [2.24, 2.45) is 0 Å². The first-order valence-electron chi connectivity index (χ1n) is 5.62. The summed E-state index contributed by atoms with van der Waals surface area (Å²) in [5, 5.41) is 22.0. The summed E-state index contributed by atoms with van der Waals surface area (Å²) in [5.74, 6) is 2.09. The van der Waals surface area contributed by atoms with Crippen LogP contribution in [-0.4, -0.2) is 70.4 Å². The monoisotopic (exact) mass is 246 g/mol. The van der Waals surface area contributed by atoms with E-state index in [-0.39, 0.29) is 25.0 Å². The van der Waals surface area contributed by atoms with Gasteiger partial charge < -0.3 is 20.4 Å². The van der Waals surface area contributed by atoms with Crippen LogP contribution in [0.25, 0.3) is 0 Å². The molecule has 3 N–H and O–H groups in total. The fourth-order valence-electron chi connectivity index (χ4n) is 2.06. The van der Waals surface area contributed by atoms with Crippen LogP contribution in [0.15, 0.2) is 0 Å². The van der Waals surface area contributed by atoms with Gasteiger partial charge in [0.25, 0.3) is 0 Å². The SMILES string of the molecule is O=C(CC1CSCCN1)N1CC(O)C(O)C1. The Morgan fingerprint density at radius 3 is 2.62 bits per heavy atom. The highest BCUT2D eigenvalue weighted by molar-refractivity contribution is 7.99. The summed E-state index contributed by atoms with van der Waals surface area (Å²) in [6, 6.07) is 0.237. The molecule has 5 nitrogen and oxygen atoms in total. The maximum absolute atomic E-state index is 11.9. The van der Waals surface area contributed by atoms with Crippen molar-refractivity contribution in [2.75, 3.05) is 31.1 Å². The summed E-state index contributed by atoms with van der Waals surface area (Å²) >= 11 is 1.86. The van der Waals surface area contributed by atoms with Crippen molar-refractivity contribution in [3.05, 3.63) is 0 Å². The van der Waals surface area contributed by atoms with E-state index in [1.807, 2.05) is 11.8 Å². The molecule has 2 fully saturated rings. The summed E-state index contributed by atoms with van der Waals surface area (Å²) in [6.45, 7) is 1.48. The van der Waals surface area contributed by atoms with Gasteiger partial charge in [-0.2, -0.15) is 11.8 Å². The van der Waals surface area contributed by atoms with Gasteiger partial charge in [0.15, 0.2) is 0 Å². The molecule has 3 atom stereocenters. The second kappa shape index (κ2) is 5.35. The molecule has 16 heavy (non-hydrogen) atoms. The molecular formula is C10H18N2O3S. The first-order valence-corrected chi connectivity index (χ1v) is 6.77. The lowest BCUT2D eigenvalue weighted by atomic mass is 10.2.